The third-order valence-electron chi connectivity index (χ3n) is 5.69. The predicted molar refractivity (Wildman–Crippen MR) is 107 cm³/mol. The van der Waals surface area contributed by atoms with Gasteiger partial charge in [0, 0.05) is 25.5 Å². The fourth-order valence-corrected chi connectivity index (χ4v) is 4.12. The maximum Gasteiger partial charge on any atom is 0.325 e. The first-order valence-corrected chi connectivity index (χ1v) is 10.4. The van der Waals surface area contributed by atoms with E-state index in [1.54, 1.807) is 32.3 Å². The number of aromatic nitrogens is 1. The number of hydrogen-bond donors (Lipinski definition) is 1. The topological polar surface area (TPSA) is 109 Å². The van der Waals surface area contributed by atoms with Gasteiger partial charge in [-0.15, -0.1) is 0 Å². The summed E-state index contributed by atoms with van der Waals surface area (Å²) in [5, 5.41) is 2.80. The molecule has 1 spiro atoms. The van der Waals surface area contributed by atoms with Crippen molar-refractivity contribution >= 4 is 23.8 Å². The van der Waals surface area contributed by atoms with E-state index in [2.05, 4.69) is 10.3 Å². The molecule has 1 saturated carbocycles. The van der Waals surface area contributed by atoms with Crippen LogP contribution in [0.1, 0.15) is 51.5 Å². The largest absolute Gasteiger partial charge is 0.466 e. The highest BCUT2D eigenvalue weighted by Gasteiger charge is 2.54. The summed E-state index contributed by atoms with van der Waals surface area (Å²) < 4.78 is 4.96. The zero-order chi connectivity index (χ0) is 21.7. The Bertz CT molecular complexity index is 807. The molecule has 9 nitrogen and oxygen atoms in total. The Labute approximate surface area is 175 Å². The Morgan fingerprint density at radius 3 is 2.70 bits per heavy atom. The summed E-state index contributed by atoms with van der Waals surface area (Å²) in [5.74, 6) is -1.15. The summed E-state index contributed by atoms with van der Waals surface area (Å²) in [5.41, 5.74) is -0.0866. The van der Waals surface area contributed by atoms with Gasteiger partial charge in [-0.2, -0.15) is 0 Å². The van der Waals surface area contributed by atoms with Gasteiger partial charge in [0.25, 0.3) is 5.91 Å². The molecule has 1 aromatic heterocycles. The van der Waals surface area contributed by atoms with E-state index in [-0.39, 0.29) is 32.0 Å². The van der Waals surface area contributed by atoms with Crippen LogP contribution in [-0.2, 0) is 25.7 Å². The lowest BCUT2D eigenvalue weighted by Crippen LogP contribution is -2.51. The fraction of sp³-hybridized carbons (Fsp3) is 0.571. The minimum Gasteiger partial charge on any atom is -0.466 e. The molecule has 2 aliphatic rings. The average molecular weight is 416 g/mol. The number of urea groups is 1. The van der Waals surface area contributed by atoms with Crippen molar-refractivity contribution in [1.29, 1.82) is 0 Å². The maximum atomic E-state index is 13.3. The minimum absolute atomic E-state index is 0.0244. The molecule has 2 heterocycles. The maximum absolute atomic E-state index is 13.3. The number of carbonyl (C=O) groups excluding carboxylic acids is 4. The number of amides is 4. The van der Waals surface area contributed by atoms with E-state index in [9.17, 15) is 19.2 Å². The summed E-state index contributed by atoms with van der Waals surface area (Å²) in [7, 11) is 0. The molecular weight excluding hydrogens is 388 g/mol. The van der Waals surface area contributed by atoms with Crippen molar-refractivity contribution < 1.29 is 23.9 Å². The molecule has 1 N–H and O–H groups in total. The van der Waals surface area contributed by atoms with Gasteiger partial charge in [0.1, 0.15) is 11.6 Å². The molecule has 9 heteroatoms. The SMILES string of the molecule is CCOC(=O)CCN(Cc1cccnc1)C(=O)C(C)N1C(=O)NC2(CCCC2)C1=O. The lowest BCUT2D eigenvalue weighted by molar-refractivity contribution is -0.146. The van der Waals surface area contributed by atoms with Crippen molar-refractivity contribution in [1.82, 2.24) is 20.1 Å². The Hall–Kier alpha value is -2.97. The highest BCUT2D eigenvalue weighted by atomic mass is 16.5. The first-order valence-electron chi connectivity index (χ1n) is 10.4. The second kappa shape index (κ2) is 9.23. The van der Waals surface area contributed by atoms with Crippen LogP contribution in [0, 0.1) is 0 Å². The van der Waals surface area contributed by atoms with E-state index in [4.69, 9.17) is 4.74 Å². The fourth-order valence-electron chi connectivity index (χ4n) is 4.12. The summed E-state index contributed by atoms with van der Waals surface area (Å²) in [4.78, 5) is 57.2. The first kappa shape index (κ1) is 21.7. The summed E-state index contributed by atoms with van der Waals surface area (Å²) in [6.07, 6.45) is 6.22. The van der Waals surface area contributed by atoms with Gasteiger partial charge in [0.2, 0.25) is 5.91 Å². The normalized spacial score (nSPS) is 18.4. The summed E-state index contributed by atoms with van der Waals surface area (Å²) in [6.45, 7) is 3.86. The Morgan fingerprint density at radius 2 is 2.07 bits per heavy atom. The molecule has 1 aromatic rings. The molecule has 2 fully saturated rings. The van der Waals surface area contributed by atoms with Crippen molar-refractivity contribution in [2.45, 2.75) is 64.1 Å². The van der Waals surface area contributed by atoms with Crippen molar-refractivity contribution in [2.75, 3.05) is 13.2 Å². The zero-order valence-electron chi connectivity index (χ0n) is 17.4. The van der Waals surface area contributed by atoms with Crippen molar-refractivity contribution in [2.24, 2.45) is 0 Å². The number of nitrogens with one attached hydrogen (secondary N) is 1. The lowest BCUT2D eigenvalue weighted by atomic mass is 9.97. The van der Waals surface area contributed by atoms with Crippen LogP contribution in [0.4, 0.5) is 4.79 Å². The van der Waals surface area contributed by atoms with E-state index in [1.807, 2.05) is 6.07 Å². The standard InChI is InChI=1S/C21H28N4O5/c1-3-30-17(26)8-12-24(14-16-7-6-11-22-13-16)18(27)15(2)25-19(28)21(23-20(25)29)9-4-5-10-21/h6-7,11,13,15H,3-5,8-10,12,14H2,1-2H3,(H,23,29). The van der Waals surface area contributed by atoms with Gasteiger partial charge in [-0.3, -0.25) is 19.4 Å². The van der Waals surface area contributed by atoms with Gasteiger partial charge in [-0.25, -0.2) is 9.69 Å². The van der Waals surface area contributed by atoms with Crippen LogP contribution >= 0.6 is 0 Å². The molecule has 4 amide bonds. The van der Waals surface area contributed by atoms with Gasteiger partial charge in [0.05, 0.1) is 13.0 Å². The third kappa shape index (κ3) is 4.44. The molecule has 0 bridgehead atoms. The number of nitrogens with zero attached hydrogens (tertiary/aromatic N) is 3. The Morgan fingerprint density at radius 1 is 1.33 bits per heavy atom. The molecule has 0 radical (unpaired) electrons. The number of hydrogen-bond acceptors (Lipinski definition) is 6. The molecule has 162 valence electrons. The molecule has 3 rings (SSSR count). The second-order valence-corrected chi connectivity index (χ2v) is 7.75. The summed E-state index contributed by atoms with van der Waals surface area (Å²) in [6, 6.07) is 2.07. The van der Waals surface area contributed by atoms with Crippen molar-refractivity contribution in [3.8, 4) is 0 Å². The number of imide groups is 1. The minimum atomic E-state index is -0.976. The number of esters is 1. The number of rotatable bonds is 8. The highest BCUT2D eigenvalue weighted by Crippen LogP contribution is 2.36. The van der Waals surface area contributed by atoms with Gasteiger partial charge in [-0.05, 0) is 38.3 Å². The van der Waals surface area contributed by atoms with Crippen LogP contribution in [0.3, 0.4) is 0 Å². The van der Waals surface area contributed by atoms with Crippen LogP contribution < -0.4 is 5.32 Å². The van der Waals surface area contributed by atoms with E-state index >= 15 is 0 Å². The van der Waals surface area contributed by atoms with E-state index in [1.165, 1.54) is 4.90 Å². The third-order valence-corrected chi connectivity index (χ3v) is 5.69. The van der Waals surface area contributed by atoms with Crippen LogP contribution in [-0.4, -0.2) is 63.3 Å². The average Bonchev–Trinajstić information content (AvgIpc) is 3.30. The predicted octanol–water partition coefficient (Wildman–Crippen LogP) is 1.62. The molecule has 30 heavy (non-hydrogen) atoms. The van der Waals surface area contributed by atoms with Crippen molar-refractivity contribution in [3.05, 3.63) is 30.1 Å². The molecule has 1 saturated heterocycles. The number of pyridine rings is 1. The van der Waals surface area contributed by atoms with E-state index in [0.717, 1.165) is 23.3 Å². The van der Waals surface area contributed by atoms with Crippen LogP contribution in [0.2, 0.25) is 0 Å². The van der Waals surface area contributed by atoms with Gasteiger partial charge >= 0.3 is 12.0 Å². The van der Waals surface area contributed by atoms with E-state index in [0.29, 0.717) is 12.8 Å². The smallest absolute Gasteiger partial charge is 0.325 e. The lowest BCUT2D eigenvalue weighted by Gasteiger charge is -2.29. The van der Waals surface area contributed by atoms with E-state index < -0.39 is 29.5 Å². The molecule has 1 atom stereocenters. The monoisotopic (exact) mass is 416 g/mol. The van der Waals surface area contributed by atoms with Crippen molar-refractivity contribution in [3.63, 3.8) is 0 Å². The molecular formula is C21H28N4O5. The molecule has 1 unspecified atom stereocenters. The molecule has 0 aromatic carbocycles. The Balaban J connectivity index is 1.76. The first-order chi connectivity index (χ1) is 14.4. The van der Waals surface area contributed by atoms with Gasteiger partial charge in [0.15, 0.2) is 0 Å². The second-order valence-electron chi connectivity index (χ2n) is 7.75. The summed E-state index contributed by atoms with van der Waals surface area (Å²) >= 11 is 0. The van der Waals surface area contributed by atoms with Gasteiger partial charge < -0.3 is 15.0 Å². The van der Waals surface area contributed by atoms with Crippen LogP contribution in [0.5, 0.6) is 0 Å². The highest BCUT2D eigenvalue weighted by molar-refractivity contribution is 6.10. The number of ether oxygens (including phenoxy) is 1. The zero-order valence-corrected chi connectivity index (χ0v) is 17.4. The van der Waals surface area contributed by atoms with Gasteiger partial charge in [-0.1, -0.05) is 18.9 Å². The van der Waals surface area contributed by atoms with Crippen LogP contribution in [0.15, 0.2) is 24.5 Å². The Kier molecular flexibility index (Phi) is 6.69. The quantitative estimate of drug-likeness (QED) is 0.509. The van der Waals surface area contributed by atoms with Crippen LogP contribution in [0.25, 0.3) is 0 Å². The number of carbonyl (C=O) groups is 4. The molecule has 1 aliphatic carbocycles. The molecule has 1 aliphatic heterocycles.